The molecule has 1 atom stereocenters. The van der Waals surface area contributed by atoms with E-state index >= 15 is 0 Å². The third-order valence-electron chi connectivity index (χ3n) is 4.53. The van der Waals surface area contributed by atoms with Crippen LogP contribution < -0.4 is 20.1 Å². The molecule has 0 aliphatic heterocycles. The summed E-state index contributed by atoms with van der Waals surface area (Å²) in [7, 11) is 3.40. The van der Waals surface area contributed by atoms with E-state index in [-0.39, 0.29) is 30.1 Å². The number of methoxy groups -OCH3 is 1. The fourth-order valence-corrected chi connectivity index (χ4v) is 3.04. The molecule has 1 unspecified atom stereocenters. The first-order chi connectivity index (χ1) is 14.7. The Kier molecular flexibility index (Phi) is 10.2. The van der Waals surface area contributed by atoms with Crippen LogP contribution in [0.1, 0.15) is 18.1 Å². The molecule has 0 spiro atoms. The Hall–Kier alpha value is -2.75. The molecule has 0 bridgehead atoms. The predicted octanol–water partition coefficient (Wildman–Crippen LogP) is 3.69. The van der Waals surface area contributed by atoms with Crippen LogP contribution in [0, 0.1) is 0 Å². The first kappa shape index (κ1) is 24.5. The van der Waals surface area contributed by atoms with Crippen molar-refractivity contribution in [3.63, 3.8) is 0 Å². The van der Waals surface area contributed by atoms with Crippen LogP contribution >= 0.6 is 24.0 Å². The van der Waals surface area contributed by atoms with E-state index in [0.29, 0.717) is 13.1 Å². The van der Waals surface area contributed by atoms with Crippen LogP contribution in [0.25, 0.3) is 0 Å². The van der Waals surface area contributed by atoms with E-state index in [0.717, 1.165) is 24.0 Å². The Morgan fingerprint density at radius 1 is 1.06 bits per heavy atom. The zero-order valence-electron chi connectivity index (χ0n) is 18.1. The second-order valence-electron chi connectivity index (χ2n) is 6.91. The number of guanidine groups is 1. The van der Waals surface area contributed by atoms with E-state index in [9.17, 15) is 0 Å². The van der Waals surface area contributed by atoms with E-state index in [1.807, 2.05) is 48.1 Å². The Labute approximate surface area is 200 Å². The van der Waals surface area contributed by atoms with Gasteiger partial charge in [-0.15, -0.1) is 24.0 Å². The van der Waals surface area contributed by atoms with Crippen molar-refractivity contribution in [3.8, 4) is 11.5 Å². The van der Waals surface area contributed by atoms with E-state index in [4.69, 9.17) is 9.47 Å². The Balaban J connectivity index is 0.00000341. The number of hydrogen-bond donors (Lipinski definition) is 2. The molecule has 3 aromatic rings. The number of halogens is 1. The van der Waals surface area contributed by atoms with Crippen molar-refractivity contribution in [2.24, 2.45) is 4.99 Å². The second kappa shape index (κ2) is 12.8. The number of para-hydroxylation sites is 2. The highest BCUT2D eigenvalue weighted by molar-refractivity contribution is 14.0. The maximum Gasteiger partial charge on any atom is 0.191 e. The second-order valence-corrected chi connectivity index (χ2v) is 6.91. The number of hydrogen-bond acceptors (Lipinski definition) is 4. The summed E-state index contributed by atoms with van der Waals surface area (Å²) in [6.07, 6.45) is 3.70. The monoisotopic (exact) mass is 535 g/mol. The Morgan fingerprint density at radius 3 is 2.55 bits per heavy atom. The molecule has 166 valence electrons. The van der Waals surface area contributed by atoms with Gasteiger partial charge >= 0.3 is 0 Å². The zero-order valence-corrected chi connectivity index (χ0v) is 20.4. The van der Waals surface area contributed by atoms with Crippen molar-refractivity contribution in [1.82, 2.24) is 20.4 Å². The minimum atomic E-state index is -0.0581. The molecule has 0 saturated carbocycles. The molecule has 1 heterocycles. The van der Waals surface area contributed by atoms with Gasteiger partial charge in [0.15, 0.2) is 17.5 Å². The van der Waals surface area contributed by atoms with Gasteiger partial charge in [0.25, 0.3) is 0 Å². The number of nitrogens with one attached hydrogen (secondary N) is 2. The molecule has 3 rings (SSSR count). The van der Waals surface area contributed by atoms with E-state index < -0.39 is 0 Å². The van der Waals surface area contributed by atoms with Crippen LogP contribution in [-0.2, 0) is 13.1 Å². The van der Waals surface area contributed by atoms with Crippen LogP contribution in [0.15, 0.2) is 72.0 Å². The van der Waals surface area contributed by atoms with Crippen LogP contribution in [0.3, 0.4) is 0 Å². The average molecular weight is 535 g/mol. The molecule has 1 aromatic heterocycles. The van der Waals surface area contributed by atoms with Gasteiger partial charge < -0.3 is 20.1 Å². The van der Waals surface area contributed by atoms with Gasteiger partial charge in [0.2, 0.25) is 0 Å². The van der Waals surface area contributed by atoms with Crippen molar-refractivity contribution < 1.29 is 9.47 Å². The third-order valence-corrected chi connectivity index (χ3v) is 4.53. The van der Waals surface area contributed by atoms with Gasteiger partial charge in [0.1, 0.15) is 6.10 Å². The van der Waals surface area contributed by atoms with Crippen molar-refractivity contribution in [1.29, 1.82) is 0 Å². The lowest BCUT2D eigenvalue weighted by molar-refractivity contribution is 0.213. The molecule has 8 heteroatoms. The molecule has 2 aromatic carbocycles. The zero-order chi connectivity index (χ0) is 21.2. The van der Waals surface area contributed by atoms with Crippen LogP contribution in [0.2, 0.25) is 0 Å². The normalized spacial score (nSPS) is 11.9. The molecule has 0 radical (unpaired) electrons. The standard InChI is InChI=1S/C23H29N5O2.HI/c1-18(30-22-11-5-4-10-21(22)29-3)15-25-23(24-2)26-16-19-8-6-9-20(14-19)17-28-13-7-12-27-28;/h4-14,18H,15-17H2,1-3H3,(H2,24,25,26);1H. The molecule has 0 aliphatic carbocycles. The SMILES string of the molecule is CN=C(NCc1cccc(Cn2cccn2)c1)NCC(C)Oc1ccccc1OC.I. The Bertz CT molecular complexity index is 947. The summed E-state index contributed by atoms with van der Waals surface area (Å²) >= 11 is 0. The molecular formula is C23H30IN5O2. The van der Waals surface area contributed by atoms with Gasteiger partial charge in [-0.1, -0.05) is 36.4 Å². The van der Waals surface area contributed by atoms with Gasteiger partial charge in [-0.05, 0) is 36.2 Å². The van der Waals surface area contributed by atoms with Crippen molar-refractivity contribution >= 4 is 29.9 Å². The van der Waals surface area contributed by atoms with Gasteiger partial charge in [-0.25, -0.2) is 0 Å². The molecule has 0 amide bonds. The van der Waals surface area contributed by atoms with Crippen molar-refractivity contribution in [2.45, 2.75) is 26.1 Å². The lowest BCUT2D eigenvalue weighted by atomic mass is 10.1. The lowest BCUT2D eigenvalue weighted by Crippen LogP contribution is -2.41. The molecule has 2 N–H and O–H groups in total. The summed E-state index contributed by atoms with van der Waals surface area (Å²) < 4.78 is 13.2. The van der Waals surface area contributed by atoms with E-state index in [1.54, 1.807) is 20.4 Å². The molecule has 31 heavy (non-hydrogen) atoms. The third kappa shape index (κ3) is 7.78. The minimum absolute atomic E-state index is 0. The fraction of sp³-hybridized carbons (Fsp3) is 0.304. The fourth-order valence-electron chi connectivity index (χ4n) is 3.04. The largest absolute Gasteiger partial charge is 0.493 e. The molecule has 0 saturated heterocycles. The first-order valence-electron chi connectivity index (χ1n) is 9.97. The van der Waals surface area contributed by atoms with Crippen molar-refractivity contribution in [2.75, 3.05) is 20.7 Å². The number of aromatic nitrogens is 2. The van der Waals surface area contributed by atoms with Gasteiger partial charge in [-0.2, -0.15) is 5.10 Å². The maximum absolute atomic E-state index is 5.98. The van der Waals surface area contributed by atoms with Gasteiger partial charge in [0.05, 0.1) is 20.2 Å². The average Bonchev–Trinajstić information content (AvgIpc) is 3.27. The number of rotatable bonds is 9. The molecule has 7 nitrogen and oxygen atoms in total. The summed E-state index contributed by atoms with van der Waals surface area (Å²) in [5.74, 6) is 2.18. The molecule has 0 aliphatic rings. The highest BCUT2D eigenvalue weighted by Gasteiger charge is 2.09. The molecule has 0 fully saturated rings. The Morgan fingerprint density at radius 2 is 1.84 bits per heavy atom. The molecular weight excluding hydrogens is 505 g/mol. The van der Waals surface area contributed by atoms with Crippen LogP contribution in [0.5, 0.6) is 11.5 Å². The quantitative estimate of drug-likeness (QED) is 0.249. The van der Waals surface area contributed by atoms with Gasteiger partial charge in [0, 0.05) is 26.0 Å². The first-order valence-corrected chi connectivity index (χ1v) is 9.97. The summed E-state index contributed by atoms with van der Waals surface area (Å²) in [6, 6.07) is 18.0. The summed E-state index contributed by atoms with van der Waals surface area (Å²) in [4.78, 5) is 4.30. The summed E-state index contributed by atoms with van der Waals surface area (Å²) in [5.41, 5.74) is 2.39. The number of aliphatic imine (C=N–C) groups is 1. The topological polar surface area (TPSA) is 72.7 Å². The van der Waals surface area contributed by atoms with Gasteiger partial charge in [-0.3, -0.25) is 9.67 Å². The van der Waals surface area contributed by atoms with Crippen molar-refractivity contribution in [3.05, 3.63) is 78.1 Å². The highest BCUT2D eigenvalue weighted by Crippen LogP contribution is 2.26. The number of benzene rings is 2. The smallest absolute Gasteiger partial charge is 0.191 e. The van der Waals surface area contributed by atoms with Crippen LogP contribution in [0.4, 0.5) is 0 Å². The maximum atomic E-state index is 5.98. The van der Waals surface area contributed by atoms with E-state index in [1.165, 1.54) is 11.1 Å². The van der Waals surface area contributed by atoms with Crippen LogP contribution in [-0.4, -0.2) is 42.5 Å². The minimum Gasteiger partial charge on any atom is -0.493 e. The number of ether oxygens (including phenoxy) is 2. The predicted molar refractivity (Wildman–Crippen MR) is 134 cm³/mol. The highest BCUT2D eigenvalue weighted by atomic mass is 127. The summed E-state index contributed by atoms with van der Waals surface area (Å²) in [6.45, 7) is 4.04. The number of nitrogens with zero attached hydrogens (tertiary/aromatic N) is 3. The summed E-state index contributed by atoms with van der Waals surface area (Å²) in [5, 5.41) is 10.9. The lowest BCUT2D eigenvalue weighted by Gasteiger charge is -2.19. The van der Waals surface area contributed by atoms with E-state index in [2.05, 4.69) is 45.0 Å².